The Bertz CT molecular complexity index is 453. The normalized spacial score (nSPS) is 19.8. The van der Waals surface area contributed by atoms with Crippen molar-refractivity contribution in [2.45, 2.75) is 19.4 Å². The molecule has 0 saturated carbocycles. The number of ether oxygens (including phenoxy) is 2. The van der Waals surface area contributed by atoms with Crippen LogP contribution in [0, 0.1) is 0 Å². The van der Waals surface area contributed by atoms with Crippen LogP contribution < -0.4 is 5.56 Å². The summed E-state index contributed by atoms with van der Waals surface area (Å²) in [5, 5.41) is 5.20. The number of morpholine rings is 1. The fraction of sp³-hybridized carbons (Fsp3) is 0.636. The minimum atomic E-state index is -0.368. The van der Waals surface area contributed by atoms with Gasteiger partial charge >= 0.3 is 6.09 Å². The second-order valence-corrected chi connectivity index (χ2v) is 4.11. The second kappa shape index (κ2) is 5.72. The summed E-state index contributed by atoms with van der Waals surface area (Å²) in [5.74, 6) is 0. The van der Waals surface area contributed by atoms with Crippen molar-refractivity contribution >= 4 is 6.09 Å². The first-order valence-corrected chi connectivity index (χ1v) is 6.01. The van der Waals surface area contributed by atoms with E-state index in [1.165, 1.54) is 6.07 Å². The number of amides is 1. The van der Waals surface area contributed by atoms with Crippen LogP contribution in [0.2, 0.25) is 0 Å². The zero-order valence-corrected chi connectivity index (χ0v) is 10.3. The van der Waals surface area contributed by atoms with Crippen LogP contribution in [0.15, 0.2) is 10.9 Å². The molecule has 18 heavy (non-hydrogen) atoms. The van der Waals surface area contributed by atoms with Gasteiger partial charge in [-0.3, -0.25) is 14.8 Å². The molecular formula is C11H17N3O4. The topological polar surface area (TPSA) is 87.4 Å². The Morgan fingerprint density at radius 3 is 3.11 bits per heavy atom. The highest BCUT2D eigenvalue weighted by molar-refractivity contribution is 5.68. The van der Waals surface area contributed by atoms with Crippen LogP contribution in [0.25, 0.3) is 0 Å². The highest BCUT2D eigenvalue weighted by Gasteiger charge is 2.30. The summed E-state index contributed by atoms with van der Waals surface area (Å²) in [6.07, 6.45) is 0.411. The Labute approximate surface area is 104 Å². The third-order valence-electron chi connectivity index (χ3n) is 2.77. The van der Waals surface area contributed by atoms with Crippen molar-refractivity contribution in [2.75, 3.05) is 26.4 Å². The zero-order chi connectivity index (χ0) is 13.0. The number of carbonyl (C=O) groups excluding carboxylic acids is 1. The molecule has 1 amide bonds. The van der Waals surface area contributed by atoms with Gasteiger partial charge in [-0.2, -0.15) is 0 Å². The van der Waals surface area contributed by atoms with Gasteiger partial charge < -0.3 is 14.6 Å². The van der Waals surface area contributed by atoms with E-state index in [4.69, 9.17) is 9.47 Å². The van der Waals surface area contributed by atoms with E-state index in [0.717, 1.165) is 6.42 Å². The Kier molecular flexibility index (Phi) is 4.03. The molecule has 1 aromatic heterocycles. The molecule has 2 heterocycles. The van der Waals surface area contributed by atoms with Crippen molar-refractivity contribution in [2.24, 2.45) is 0 Å². The predicted molar refractivity (Wildman–Crippen MR) is 63.3 cm³/mol. The summed E-state index contributed by atoms with van der Waals surface area (Å²) in [6.45, 7) is 3.63. The lowest BCUT2D eigenvalue weighted by Crippen LogP contribution is -2.43. The van der Waals surface area contributed by atoms with Gasteiger partial charge in [-0.1, -0.05) is 6.92 Å². The number of H-pyrrole nitrogens is 2. The van der Waals surface area contributed by atoms with Gasteiger partial charge in [-0.05, 0) is 6.42 Å². The molecule has 0 radical (unpaired) electrons. The van der Waals surface area contributed by atoms with Crippen molar-refractivity contribution in [3.05, 3.63) is 22.1 Å². The van der Waals surface area contributed by atoms with Crippen LogP contribution in [-0.2, 0) is 9.47 Å². The van der Waals surface area contributed by atoms with Gasteiger partial charge in [0.1, 0.15) is 6.04 Å². The van der Waals surface area contributed by atoms with E-state index in [9.17, 15) is 9.59 Å². The van der Waals surface area contributed by atoms with E-state index in [0.29, 0.717) is 32.1 Å². The van der Waals surface area contributed by atoms with Crippen LogP contribution in [0.1, 0.15) is 25.1 Å². The molecule has 1 unspecified atom stereocenters. The fourth-order valence-corrected chi connectivity index (χ4v) is 1.88. The molecule has 1 aliphatic rings. The van der Waals surface area contributed by atoms with Gasteiger partial charge in [-0.25, -0.2) is 4.79 Å². The van der Waals surface area contributed by atoms with Crippen LogP contribution in [-0.4, -0.2) is 47.6 Å². The van der Waals surface area contributed by atoms with Gasteiger partial charge in [0.15, 0.2) is 0 Å². The Balaban J connectivity index is 2.10. The molecule has 0 aliphatic carbocycles. The van der Waals surface area contributed by atoms with E-state index in [1.54, 1.807) is 4.90 Å². The Hall–Kier alpha value is -1.76. The molecule has 100 valence electrons. The number of aromatic amines is 2. The van der Waals surface area contributed by atoms with Gasteiger partial charge in [0.05, 0.1) is 25.5 Å². The van der Waals surface area contributed by atoms with Crippen molar-refractivity contribution < 1.29 is 14.3 Å². The molecule has 1 saturated heterocycles. The molecule has 2 N–H and O–H groups in total. The molecule has 1 aliphatic heterocycles. The van der Waals surface area contributed by atoms with Gasteiger partial charge in [0.2, 0.25) is 0 Å². The lowest BCUT2D eigenvalue weighted by Gasteiger charge is -2.33. The Morgan fingerprint density at radius 1 is 1.61 bits per heavy atom. The quantitative estimate of drug-likeness (QED) is 0.829. The number of hydrogen-bond acceptors (Lipinski definition) is 4. The summed E-state index contributed by atoms with van der Waals surface area (Å²) >= 11 is 0. The van der Waals surface area contributed by atoms with Crippen molar-refractivity contribution in [3.63, 3.8) is 0 Å². The summed E-state index contributed by atoms with van der Waals surface area (Å²) in [7, 11) is 0. The molecule has 1 fully saturated rings. The number of hydrogen-bond donors (Lipinski definition) is 2. The summed E-state index contributed by atoms with van der Waals surface area (Å²) in [6, 6.07) is 1.13. The largest absolute Gasteiger partial charge is 0.449 e. The third-order valence-corrected chi connectivity index (χ3v) is 2.77. The van der Waals surface area contributed by atoms with Crippen LogP contribution >= 0.6 is 0 Å². The van der Waals surface area contributed by atoms with Gasteiger partial charge in [0.25, 0.3) is 5.56 Å². The van der Waals surface area contributed by atoms with Crippen LogP contribution in [0.3, 0.4) is 0 Å². The number of aromatic nitrogens is 2. The van der Waals surface area contributed by atoms with Gasteiger partial charge in [0, 0.05) is 12.6 Å². The molecule has 7 nitrogen and oxygen atoms in total. The molecular weight excluding hydrogens is 238 g/mol. The van der Waals surface area contributed by atoms with E-state index in [2.05, 4.69) is 10.2 Å². The minimum absolute atomic E-state index is 0.225. The van der Waals surface area contributed by atoms with E-state index in [1.807, 2.05) is 6.92 Å². The number of rotatable bonds is 3. The summed E-state index contributed by atoms with van der Waals surface area (Å²) in [5.41, 5.74) is 0.408. The first-order valence-electron chi connectivity index (χ1n) is 6.01. The molecule has 0 spiro atoms. The monoisotopic (exact) mass is 255 g/mol. The molecule has 0 aromatic carbocycles. The summed E-state index contributed by atoms with van der Waals surface area (Å²) in [4.78, 5) is 24.6. The molecule has 2 rings (SSSR count). The minimum Gasteiger partial charge on any atom is -0.449 e. The maximum Gasteiger partial charge on any atom is 0.410 e. The average Bonchev–Trinajstić information content (AvgIpc) is 2.82. The smallest absolute Gasteiger partial charge is 0.410 e. The SMILES string of the molecule is CCCOC(=O)N1CCOCC1c1cc(=O)[nH][nH]1. The molecule has 0 bridgehead atoms. The molecule has 1 atom stereocenters. The van der Waals surface area contributed by atoms with E-state index >= 15 is 0 Å². The number of carbonyl (C=O) groups is 1. The van der Waals surface area contributed by atoms with Crippen molar-refractivity contribution in [3.8, 4) is 0 Å². The zero-order valence-electron chi connectivity index (χ0n) is 10.3. The first kappa shape index (κ1) is 12.7. The van der Waals surface area contributed by atoms with Crippen LogP contribution in [0.4, 0.5) is 4.79 Å². The summed E-state index contributed by atoms with van der Waals surface area (Å²) < 4.78 is 10.5. The first-order chi connectivity index (χ1) is 8.72. The van der Waals surface area contributed by atoms with Crippen molar-refractivity contribution in [1.29, 1.82) is 0 Å². The lowest BCUT2D eigenvalue weighted by atomic mass is 10.2. The van der Waals surface area contributed by atoms with E-state index in [-0.39, 0.29) is 17.7 Å². The maximum atomic E-state index is 11.9. The van der Waals surface area contributed by atoms with Gasteiger partial charge in [-0.15, -0.1) is 0 Å². The predicted octanol–water partition coefficient (Wildman–Crippen LogP) is 0.623. The fourth-order valence-electron chi connectivity index (χ4n) is 1.88. The van der Waals surface area contributed by atoms with Crippen LogP contribution in [0.5, 0.6) is 0 Å². The standard InChI is InChI=1S/C11H17N3O4/c1-2-4-18-11(16)14-3-5-17-7-9(14)8-6-10(15)13-12-8/h6,9H,2-5,7H2,1H3,(H2,12,13,15). The average molecular weight is 255 g/mol. The number of nitrogens with one attached hydrogen (secondary N) is 2. The van der Waals surface area contributed by atoms with Crippen molar-refractivity contribution in [1.82, 2.24) is 15.1 Å². The lowest BCUT2D eigenvalue weighted by molar-refractivity contribution is -0.0111. The highest BCUT2D eigenvalue weighted by atomic mass is 16.6. The Morgan fingerprint density at radius 2 is 2.44 bits per heavy atom. The molecule has 7 heteroatoms. The highest BCUT2D eigenvalue weighted by Crippen LogP contribution is 2.22. The third kappa shape index (κ3) is 2.73. The second-order valence-electron chi connectivity index (χ2n) is 4.11. The molecule has 1 aromatic rings. The maximum absolute atomic E-state index is 11.9. The van der Waals surface area contributed by atoms with E-state index < -0.39 is 0 Å². The number of nitrogens with zero attached hydrogens (tertiary/aromatic N) is 1.